The van der Waals surface area contributed by atoms with E-state index < -0.39 is 20.5 Å². The number of rotatable bonds is 5. The first-order valence-electron chi connectivity index (χ1n) is 8.15. The molecule has 26 heavy (non-hydrogen) atoms. The van der Waals surface area contributed by atoms with E-state index in [4.69, 9.17) is 9.47 Å². The molecule has 1 aromatic carbocycles. The van der Waals surface area contributed by atoms with Gasteiger partial charge in [-0.3, -0.25) is 4.79 Å². The molecule has 2 heterocycles. The second-order valence-electron chi connectivity index (χ2n) is 7.02. The predicted octanol–water partition coefficient (Wildman–Crippen LogP) is 3.15. The molecule has 8 heteroatoms. The summed E-state index contributed by atoms with van der Waals surface area (Å²) < 4.78 is 37.0. The van der Waals surface area contributed by atoms with Gasteiger partial charge in [-0.15, -0.1) is 11.3 Å². The average Bonchev–Trinajstić information content (AvgIpc) is 3.24. The first kappa shape index (κ1) is 18.7. The molecule has 0 spiro atoms. The lowest BCUT2D eigenvalue weighted by atomic mass is 9.96. The highest BCUT2D eigenvalue weighted by atomic mass is 32.2. The highest BCUT2D eigenvalue weighted by Crippen LogP contribution is 2.38. The fourth-order valence-corrected chi connectivity index (χ4v) is 5.30. The van der Waals surface area contributed by atoms with Gasteiger partial charge >= 0.3 is 0 Å². The molecule has 1 aliphatic rings. The van der Waals surface area contributed by atoms with Crippen LogP contribution in [0, 0.1) is 5.41 Å². The second kappa shape index (κ2) is 6.92. The maximum atomic E-state index is 13.3. The highest BCUT2D eigenvalue weighted by Gasteiger charge is 2.33. The number of hydrogen-bond acceptors (Lipinski definition) is 6. The van der Waals surface area contributed by atoms with Crippen LogP contribution in [0.2, 0.25) is 0 Å². The van der Waals surface area contributed by atoms with Gasteiger partial charge in [0.2, 0.25) is 12.7 Å². The number of carbonyl (C=O) groups is 1. The van der Waals surface area contributed by atoms with Crippen molar-refractivity contribution in [2.75, 3.05) is 13.3 Å². The van der Waals surface area contributed by atoms with E-state index in [1.807, 2.05) is 5.38 Å². The van der Waals surface area contributed by atoms with Crippen molar-refractivity contribution in [3.8, 4) is 11.5 Å². The third-order valence-corrected chi connectivity index (χ3v) is 7.25. The molecular weight excluding hydrogens is 374 g/mol. The van der Waals surface area contributed by atoms with E-state index in [2.05, 4.69) is 5.32 Å². The number of sulfone groups is 1. The molecule has 0 saturated heterocycles. The van der Waals surface area contributed by atoms with Gasteiger partial charge < -0.3 is 14.8 Å². The summed E-state index contributed by atoms with van der Waals surface area (Å²) in [6.45, 7) is 5.45. The molecule has 6 nitrogen and oxygen atoms in total. The topological polar surface area (TPSA) is 81.7 Å². The molecule has 1 aromatic heterocycles. The summed E-state index contributed by atoms with van der Waals surface area (Å²) in [6.07, 6.45) is 0. The highest BCUT2D eigenvalue weighted by molar-refractivity contribution is 7.91. The van der Waals surface area contributed by atoms with E-state index >= 15 is 0 Å². The maximum Gasteiger partial charge on any atom is 0.231 e. The van der Waals surface area contributed by atoms with Gasteiger partial charge in [0.1, 0.15) is 5.25 Å². The summed E-state index contributed by atoms with van der Waals surface area (Å²) in [5.74, 6) is 0.743. The van der Waals surface area contributed by atoms with Gasteiger partial charge in [-0.1, -0.05) is 26.8 Å². The Morgan fingerprint density at radius 3 is 2.62 bits per heavy atom. The van der Waals surface area contributed by atoms with Crippen molar-refractivity contribution in [3.05, 3.63) is 40.6 Å². The van der Waals surface area contributed by atoms with Crippen molar-refractivity contribution < 1.29 is 22.7 Å². The molecule has 0 saturated carbocycles. The third kappa shape index (κ3) is 3.71. The smallest absolute Gasteiger partial charge is 0.231 e. The van der Waals surface area contributed by atoms with Crippen molar-refractivity contribution in [3.63, 3.8) is 0 Å². The van der Waals surface area contributed by atoms with Crippen LogP contribution >= 0.6 is 11.3 Å². The zero-order chi connectivity index (χ0) is 18.9. The molecule has 1 amide bonds. The number of benzene rings is 1. The van der Waals surface area contributed by atoms with E-state index in [9.17, 15) is 13.2 Å². The minimum absolute atomic E-state index is 0.00733. The van der Waals surface area contributed by atoms with Crippen LogP contribution < -0.4 is 14.8 Å². The van der Waals surface area contributed by atoms with E-state index in [1.165, 1.54) is 23.5 Å². The maximum absolute atomic E-state index is 13.3. The third-order valence-electron chi connectivity index (χ3n) is 4.04. The SMILES string of the molecule is CC(C)(C)C(=O)NC[C@@H](c1cccs1)S(=O)(=O)c1ccc2c(c1)OCO2. The van der Waals surface area contributed by atoms with Gasteiger partial charge in [0.05, 0.1) is 4.90 Å². The van der Waals surface area contributed by atoms with E-state index in [0.717, 1.165) is 0 Å². The summed E-state index contributed by atoms with van der Waals surface area (Å²) >= 11 is 1.35. The quantitative estimate of drug-likeness (QED) is 0.841. The van der Waals surface area contributed by atoms with Crippen LogP contribution in [0.1, 0.15) is 30.9 Å². The van der Waals surface area contributed by atoms with Crippen molar-refractivity contribution in [2.45, 2.75) is 30.9 Å². The van der Waals surface area contributed by atoms with Crippen LogP contribution in [-0.4, -0.2) is 27.7 Å². The minimum Gasteiger partial charge on any atom is -0.454 e. The van der Waals surface area contributed by atoms with Crippen LogP contribution in [0.5, 0.6) is 11.5 Å². The molecule has 0 unspecified atom stereocenters. The first-order valence-corrected chi connectivity index (χ1v) is 10.6. The van der Waals surface area contributed by atoms with Crippen molar-refractivity contribution in [1.82, 2.24) is 5.32 Å². The number of fused-ring (bicyclic) bond motifs is 1. The standard InChI is InChI=1S/C18H21NO5S2/c1-18(2,3)17(20)19-10-16(15-5-4-8-25-15)26(21,22)12-6-7-13-14(9-12)24-11-23-13/h4-9,16H,10-11H2,1-3H3,(H,19,20)/t16-/m0/s1. The minimum atomic E-state index is -3.73. The summed E-state index contributed by atoms with van der Waals surface area (Å²) in [4.78, 5) is 13.0. The number of thiophene rings is 1. The molecule has 0 bridgehead atoms. The van der Waals surface area contributed by atoms with Crippen LogP contribution in [0.3, 0.4) is 0 Å². The summed E-state index contributed by atoms with van der Waals surface area (Å²) in [6, 6.07) is 8.14. The van der Waals surface area contributed by atoms with Gasteiger partial charge in [0.25, 0.3) is 0 Å². The summed E-state index contributed by atoms with van der Waals surface area (Å²) in [5.41, 5.74) is -0.595. The fraction of sp³-hybridized carbons (Fsp3) is 0.389. The summed E-state index contributed by atoms with van der Waals surface area (Å²) in [5, 5.41) is 3.73. The summed E-state index contributed by atoms with van der Waals surface area (Å²) in [7, 11) is -3.73. The molecule has 0 fully saturated rings. The molecule has 140 valence electrons. The monoisotopic (exact) mass is 395 g/mol. The van der Waals surface area contributed by atoms with Gasteiger partial charge in [0, 0.05) is 22.9 Å². The molecular formula is C18H21NO5S2. The lowest BCUT2D eigenvalue weighted by Gasteiger charge is -2.22. The van der Waals surface area contributed by atoms with Gasteiger partial charge in [0.15, 0.2) is 21.3 Å². The number of nitrogens with one attached hydrogen (secondary N) is 1. The molecule has 1 N–H and O–H groups in total. The van der Waals surface area contributed by atoms with Crippen molar-refractivity contribution in [2.24, 2.45) is 5.41 Å². The zero-order valence-corrected chi connectivity index (χ0v) is 16.4. The van der Waals surface area contributed by atoms with Crippen molar-refractivity contribution in [1.29, 1.82) is 0 Å². The lowest BCUT2D eigenvalue weighted by molar-refractivity contribution is -0.128. The average molecular weight is 396 g/mol. The van der Waals surface area contributed by atoms with Crippen LogP contribution in [0.25, 0.3) is 0 Å². The van der Waals surface area contributed by atoms with E-state index in [1.54, 1.807) is 39.0 Å². The van der Waals surface area contributed by atoms with E-state index in [0.29, 0.717) is 16.4 Å². The molecule has 3 rings (SSSR count). The Balaban J connectivity index is 1.92. The predicted molar refractivity (Wildman–Crippen MR) is 99.3 cm³/mol. The fourth-order valence-electron chi connectivity index (χ4n) is 2.51. The Bertz CT molecular complexity index is 898. The Morgan fingerprint density at radius 2 is 1.96 bits per heavy atom. The molecule has 1 aliphatic heterocycles. The first-order chi connectivity index (χ1) is 12.2. The molecule has 2 aromatic rings. The molecule has 0 aliphatic carbocycles. The Labute approximate surface area is 157 Å². The second-order valence-corrected chi connectivity index (χ2v) is 10.1. The normalized spacial score (nSPS) is 14.9. The lowest BCUT2D eigenvalue weighted by Crippen LogP contribution is -2.38. The van der Waals surface area contributed by atoms with Crippen LogP contribution in [0.4, 0.5) is 0 Å². The van der Waals surface area contributed by atoms with Crippen LogP contribution in [-0.2, 0) is 14.6 Å². The largest absolute Gasteiger partial charge is 0.454 e. The number of amides is 1. The van der Waals surface area contributed by atoms with Gasteiger partial charge in [-0.2, -0.15) is 0 Å². The Hall–Kier alpha value is -2.06. The Morgan fingerprint density at radius 1 is 1.23 bits per heavy atom. The zero-order valence-electron chi connectivity index (χ0n) is 14.8. The number of hydrogen-bond donors (Lipinski definition) is 1. The Kier molecular flexibility index (Phi) is 4.98. The van der Waals surface area contributed by atoms with Crippen molar-refractivity contribution >= 4 is 27.1 Å². The molecule has 1 atom stereocenters. The van der Waals surface area contributed by atoms with Gasteiger partial charge in [-0.05, 0) is 23.6 Å². The van der Waals surface area contributed by atoms with E-state index in [-0.39, 0.29) is 24.1 Å². The van der Waals surface area contributed by atoms with Gasteiger partial charge in [-0.25, -0.2) is 8.42 Å². The number of ether oxygens (including phenoxy) is 2. The number of carbonyl (C=O) groups excluding carboxylic acids is 1. The van der Waals surface area contributed by atoms with Crippen LogP contribution in [0.15, 0.2) is 40.6 Å². The molecule has 0 radical (unpaired) electrons.